The average Bonchev–Trinajstić information content (AvgIpc) is 2.41. The fourth-order valence-corrected chi connectivity index (χ4v) is 1.79. The van der Waals surface area contributed by atoms with Crippen molar-refractivity contribution in [3.05, 3.63) is 29.3 Å². The number of benzene rings is 1. The van der Waals surface area contributed by atoms with Crippen molar-refractivity contribution in [2.75, 3.05) is 12.3 Å². The van der Waals surface area contributed by atoms with Gasteiger partial charge in [-0.05, 0) is 26.8 Å². The molecule has 1 aromatic carbocycles. The van der Waals surface area contributed by atoms with E-state index in [0.29, 0.717) is 0 Å². The van der Waals surface area contributed by atoms with Gasteiger partial charge in [0.25, 0.3) is 0 Å². The van der Waals surface area contributed by atoms with Crippen molar-refractivity contribution in [2.45, 2.75) is 38.6 Å². The van der Waals surface area contributed by atoms with Crippen molar-refractivity contribution in [2.24, 2.45) is 0 Å². The lowest BCUT2D eigenvalue weighted by atomic mass is 9.98. The Morgan fingerprint density at radius 1 is 1.45 bits per heavy atom. The number of aliphatic hydroxyl groups is 2. The van der Waals surface area contributed by atoms with E-state index in [1.54, 1.807) is 26.8 Å². The Labute approximate surface area is 129 Å². The molecule has 2 unspecified atom stereocenters. The highest BCUT2D eigenvalue weighted by Crippen LogP contribution is 2.24. The molecule has 7 heteroatoms. The van der Waals surface area contributed by atoms with Crippen LogP contribution in [0.15, 0.2) is 18.2 Å². The zero-order valence-corrected chi connectivity index (χ0v) is 12.8. The Morgan fingerprint density at radius 2 is 2.09 bits per heavy atom. The van der Waals surface area contributed by atoms with Gasteiger partial charge in [-0.2, -0.15) is 5.26 Å². The van der Waals surface area contributed by atoms with Gasteiger partial charge in [0, 0.05) is 17.8 Å². The van der Waals surface area contributed by atoms with Gasteiger partial charge in [-0.1, -0.05) is 12.1 Å². The number of carbonyl (C=O) groups is 1. The maximum absolute atomic E-state index is 11.5. The molecule has 0 fully saturated rings. The molecule has 1 amide bonds. The monoisotopic (exact) mass is 307 g/mol. The molecule has 0 bridgehead atoms. The summed E-state index contributed by atoms with van der Waals surface area (Å²) >= 11 is 0. The van der Waals surface area contributed by atoms with Crippen molar-refractivity contribution in [3.63, 3.8) is 0 Å². The van der Waals surface area contributed by atoms with Gasteiger partial charge >= 0.3 is 6.09 Å². The van der Waals surface area contributed by atoms with Gasteiger partial charge in [0.15, 0.2) is 0 Å². The van der Waals surface area contributed by atoms with E-state index in [2.05, 4.69) is 5.32 Å². The summed E-state index contributed by atoms with van der Waals surface area (Å²) in [6.45, 7) is 4.91. The number of hydrogen-bond acceptors (Lipinski definition) is 6. The predicted octanol–water partition coefficient (Wildman–Crippen LogP) is 1.06. The molecule has 1 aromatic rings. The standard InChI is InChI=1S/C15H21N3O4/c1-15(2,3)22-14(21)18-8-12(19)13(20)9-5-4-6-11(17)10(9)7-16/h4-6,12-13,19-20H,8,17H2,1-3H3,(H,18,21). The summed E-state index contributed by atoms with van der Waals surface area (Å²) in [4.78, 5) is 11.5. The third-order valence-corrected chi connectivity index (χ3v) is 2.78. The van der Waals surface area contributed by atoms with E-state index in [1.165, 1.54) is 12.1 Å². The fraction of sp³-hybridized carbons (Fsp3) is 0.467. The quantitative estimate of drug-likeness (QED) is 0.616. The summed E-state index contributed by atoms with van der Waals surface area (Å²) in [7, 11) is 0. The number of alkyl carbamates (subject to hydrolysis) is 1. The van der Waals surface area contributed by atoms with Crippen LogP contribution in [0.3, 0.4) is 0 Å². The first-order chi connectivity index (χ1) is 10.2. The number of nitrogens with one attached hydrogen (secondary N) is 1. The third-order valence-electron chi connectivity index (χ3n) is 2.78. The van der Waals surface area contributed by atoms with Crippen molar-refractivity contribution in [1.29, 1.82) is 5.26 Å². The van der Waals surface area contributed by atoms with Crippen molar-refractivity contribution in [1.82, 2.24) is 5.32 Å². The molecule has 22 heavy (non-hydrogen) atoms. The van der Waals surface area contributed by atoms with Crippen LogP contribution in [0.25, 0.3) is 0 Å². The molecule has 1 rings (SSSR count). The Bertz CT molecular complexity index is 575. The van der Waals surface area contributed by atoms with E-state index in [-0.39, 0.29) is 23.4 Å². The Hall–Kier alpha value is -2.30. The highest BCUT2D eigenvalue weighted by molar-refractivity contribution is 5.67. The van der Waals surface area contributed by atoms with Gasteiger partial charge in [0.2, 0.25) is 0 Å². The molecule has 5 N–H and O–H groups in total. The van der Waals surface area contributed by atoms with Crippen molar-refractivity contribution in [3.8, 4) is 6.07 Å². The van der Waals surface area contributed by atoms with Gasteiger partial charge in [0.1, 0.15) is 23.9 Å². The molecule has 0 heterocycles. The van der Waals surface area contributed by atoms with Crippen molar-refractivity contribution < 1.29 is 19.7 Å². The van der Waals surface area contributed by atoms with Gasteiger partial charge in [-0.3, -0.25) is 0 Å². The second kappa shape index (κ2) is 7.11. The van der Waals surface area contributed by atoms with Crippen LogP contribution >= 0.6 is 0 Å². The van der Waals surface area contributed by atoms with Crippen LogP contribution < -0.4 is 11.1 Å². The number of nitriles is 1. The summed E-state index contributed by atoms with van der Waals surface area (Å²) in [5.41, 5.74) is 5.53. The third kappa shape index (κ3) is 4.91. The number of hydrogen-bond donors (Lipinski definition) is 4. The smallest absolute Gasteiger partial charge is 0.407 e. The first kappa shape index (κ1) is 17.8. The second-order valence-corrected chi connectivity index (χ2v) is 5.82. The van der Waals surface area contributed by atoms with E-state index in [9.17, 15) is 15.0 Å². The maximum atomic E-state index is 11.5. The highest BCUT2D eigenvalue weighted by Gasteiger charge is 2.24. The topological polar surface area (TPSA) is 129 Å². The Morgan fingerprint density at radius 3 is 2.64 bits per heavy atom. The van der Waals surface area contributed by atoms with Crippen LogP contribution in [0.4, 0.5) is 10.5 Å². The number of ether oxygens (including phenoxy) is 1. The van der Waals surface area contributed by atoms with Crippen LogP contribution in [0.1, 0.15) is 38.0 Å². The number of nitrogen functional groups attached to an aromatic ring is 1. The molecule has 0 saturated heterocycles. The normalized spacial score (nSPS) is 13.8. The first-order valence-corrected chi connectivity index (χ1v) is 6.77. The fourth-order valence-electron chi connectivity index (χ4n) is 1.79. The number of rotatable bonds is 4. The molecule has 0 aliphatic rings. The molecule has 0 aliphatic carbocycles. The Balaban J connectivity index is 2.71. The lowest BCUT2D eigenvalue weighted by molar-refractivity contribution is 0.0128. The highest BCUT2D eigenvalue weighted by atomic mass is 16.6. The zero-order chi connectivity index (χ0) is 16.9. The van der Waals surface area contributed by atoms with Gasteiger partial charge in [0.05, 0.1) is 5.56 Å². The minimum Gasteiger partial charge on any atom is -0.444 e. The molecule has 7 nitrogen and oxygen atoms in total. The number of anilines is 1. The lowest BCUT2D eigenvalue weighted by Gasteiger charge is -2.22. The second-order valence-electron chi connectivity index (χ2n) is 5.82. The van der Waals surface area contributed by atoms with E-state index in [0.717, 1.165) is 0 Å². The van der Waals surface area contributed by atoms with Crippen LogP contribution in [-0.4, -0.2) is 34.6 Å². The van der Waals surface area contributed by atoms with E-state index in [4.69, 9.17) is 15.7 Å². The number of amides is 1. The summed E-state index contributed by atoms with van der Waals surface area (Å²) < 4.78 is 5.02. The predicted molar refractivity (Wildman–Crippen MR) is 80.8 cm³/mol. The number of nitrogens with zero attached hydrogens (tertiary/aromatic N) is 1. The lowest BCUT2D eigenvalue weighted by Crippen LogP contribution is -2.39. The molecule has 0 spiro atoms. The van der Waals surface area contributed by atoms with Crippen LogP contribution in [0.5, 0.6) is 0 Å². The van der Waals surface area contributed by atoms with Crippen LogP contribution in [-0.2, 0) is 4.74 Å². The van der Waals surface area contributed by atoms with E-state index >= 15 is 0 Å². The van der Waals surface area contributed by atoms with Gasteiger partial charge in [-0.15, -0.1) is 0 Å². The molecule has 0 saturated carbocycles. The number of aliphatic hydroxyl groups excluding tert-OH is 2. The summed E-state index contributed by atoms with van der Waals surface area (Å²) in [5, 5.41) is 31.5. The molecular weight excluding hydrogens is 286 g/mol. The number of carbonyl (C=O) groups excluding carboxylic acids is 1. The average molecular weight is 307 g/mol. The van der Waals surface area contributed by atoms with Crippen LogP contribution in [0.2, 0.25) is 0 Å². The summed E-state index contributed by atoms with van der Waals surface area (Å²) in [6, 6.07) is 6.48. The molecule has 0 aromatic heterocycles. The zero-order valence-electron chi connectivity index (χ0n) is 12.8. The molecule has 2 atom stereocenters. The molecule has 0 radical (unpaired) electrons. The first-order valence-electron chi connectivity index (χ1n) is 6.77. The minimum atomic E-state index is -1.35. The SMILES string of the molecule is CC(C)(C)OC(=O)NCC(O)C(O)c1cccc(N)c1C#N. The van der Waals surface area contributed by atoms with Crippen LogP contribution in [0, 0.1) is 11.3 Å². The van der Waals surface area contributed by atoms with E-state index < -0.39 is 23.9 Å². The minimum absolute atomic E-state index is 0.103. The van der Waals surface area contributed by atoms with E-state index in [1.807, 2.05) is 6.07 Å². The van der Waals surface area contributed by atoms with Gasteiger partial charge in [-0.25, -0.2) is 4.79 Å². The number of nitrogens with two attached hydrogens (primary N) is 1. The largest absolute Gasteiger partial charge is 0.444 e. The van der Waals surface area contributed by atoms with Crippen molar-refractivity contribution >= 4 is 11.8 Å². The molecule has 120 valence electrons. The summed E-state index contributed by atoms with van der Waals surface area (Å²) in [6.07, 6.45) is -3.36. The summed E-state index contributed by atoms with van der Waals surface area (Å²) in [5.74, 6) is 0. The maximum Gasteiger partial charge on any atom is 0.407 e. The van der Waals surface area contributed by atoms with Gasteiger partial charge < -0.3 is 26.0 Å². The molecule has 0 aliphatic heterocycles. The molecular formula is C15H21N3O4. The Kier molecular flexibility index (Phi) is 5.74.